The molecule has 1 aliphatic rings. The fraction of sp³-hybridized carbons (Fsp3) is 0.509. The molecular weight excluding hydrogens is 1070 g/mol. The number of hydrogen-bond acceptors (Lipinski definition) is 14. The summed E-state index contributed by atoms with van der Waals surface area (Å²) in [7, 11) is 3.20. The maximum atomic E-state index is 17.1. The van der Waals surface area contributed by atoms with Crippen LogP contribution in [0.5, 0.6) is 0 Å². The van der Waals surface area contributed by atoms with Gasteiger partial charge in [0.2, 0.25) is 0 Å². The van der Waals surface area contributed by atoms with Crippen LogP contribution in [0.2, 0.25) is 0 Å². The highest BCUT2D eigenvalue weighted by molar-refractivity contribution is 7.27. The summed E-state index contributed by atoms with van der Waals surface area (Å²) >= 11 is 7.44. The number of ether oxygens (including phenoxy) is 8. The fourth-order valence-corrected chi connectivity index (χ4v) is 14.5. The van der Waals surface area contributed by atoms with Gasteiger partial charge in [0, 0.05) is 80.4 Å². The molecule has 400 valence electrons. The second-order valence-corrected chi connectivity index (χ2v) is 25.4. The largest absolute Gasteiger partial charge is 0.382 e. The summed E-state index contributed by atoms with van der Waals surface area (Å²) < 4.78 is 145. The lowest BCUT2D eigenvalue weighted by Gasteiger charge is -2.25. The fourth-order valence-electron chi connectivity index (χ4n) is 7.84. The van der Waals surface area contributed by atoms with E-state index in [1.54, 1.807) is 37.8 Å². The summed E-state index contributed by atoms with van der Waals surface area (Å²) in [5.74, 6) is -16.3. The van der Waals surface area contributed by atoms with Gasteiger partial charge in [-0.25, -0.2) is 0 Å². The highest BCUT2D eigenvalue weighted by atomic mass is 32.1. The van der Waals surface area contributed by atoms with Gasteiger partial charge in [-0.1, -0.05) is 26.8 Å². The average Bonchev–Trinajstić information content (AvgIpc) is 4.19. The van der Waals surface area contributed by atoms with E-state index in [9.17, 15) is 0 Å². The Morgan fingerprint density at radius 3 is 1.21 bits per heavy atom. The van der Waals surface area contributed by atoms with Gasteiger partial charge in [0.15, 0.2) is 0 Å². The monoisotopic (exact) mass is 1130 g/mol. The highest BCUT2D eigenvalue weighted by Gasteiger charge is 2.80. The summed E-state index contributed by atoms with van der Waals surface area (Å²) in [5, 5.41) is 1.73. The van der Waals surface area contributed by atoms with E-state index in [4.69, 9.17) is 37.9 Å². The molecule has 73 heavy (non-hydrogen) atoms. The van der Waals surface area contributed by atoms with E-state index in [0.717, 1.165) is 37.3 Å². The van der Waals surface area contributed by atoms with Crippen LogP contribution in [-0.4, -0.2) is 111 Å². The van der Waals surface area contributed by atoms with Crippen molar-refractivity contribution in [1.82, 2.24) is 0 Å². The summed E-state index contributed by atoms with van der Waals surface area (Å²) in [5.41, 5.74) is -5.44. The Hall–Kier alpha value is -2.80. The molecule has 0 N–H and O–H groups in total. The Kier molecular flexibility index (Phi) is 19.2. The van der Waals surface area contributed by atoms with Crippen LogP contribution in [0.1, 0.15) is 74.2 Å². The summed E-state index contributed by atoms with van der Waals surface area (Å²) in [6.07, 6.45) is 0. The van der Waals surface area contributed by atoms with Gasteiger partial charge in [-0.2, -0.15) is 26.3 Å². The zero-order valence-electron chi connectivity index (χ0n) is 42.3. The van der Waals surface area contributed by atoms with E-state index in [-0.39, 0.29) is 39.5 Å². The van der Waals surface area contributed by atoms with Gasteiger partial charge in [0.1, 0.15) is 0 Å². The molecule has 0 spiro atoms. The molecule has 6 aromatic heterocycles. The van der Waals surface area contributed by atoms with Crippen molar-refractivity contribution in [3.63, 3.8) is 0 Å². The van der Waals surface area contributed by atoms with Crippen molar-refractivity contribution in [3.05, 3.63) is 91.8 Å². The van der Waals surface area contributed by atoms with E-state index < -0.39 is 40.1 Å². The minimum atomic E-state index is -5.78. The summed E-state index contributed by atoms with van der Waals surface area (Å²) in [6.45, 7) is 18.3. The van der Waals surface area contributed by atoms with Crippen LogP contribution in [0.3, 0.4) is 0 Å². The molecule has 6 aromatic rings. The predicted molar refractivity (Wildman–Crippen MR) is 287 cm³/mol. The predicted octanol–water partition coefficient (Wildman–Crippen LogP) is 15.7. The van der Waals surface area contributed by atoms with Gasteiger partial charge < -0.3 is 37.9 Å². The van der Waals surface area contributed by atoms with Gasteiger partial charge in [0.25, 0.3) is 0 Å². The molecule has 0 saturated carbocycles. The van der Waals surface area contributed by atoms with Gasteiger partial charge in [-0.15, -0.1) is 68.0 Å². The maximum absolute atomic E-state index is 17.1. The molecular formula is C53H62F6O8S6. The zero-order valence-corrected chi connectivity index (χ0v) is 47.2. The molecule has 0 bridgehead atoms. The number of alkyl halides is 6. The van der Waals surface area contributed by atoms with Crippen LogP contribution in [0, 0.1) is 0 Å². The van der Waals surface area contributed by atoms with E-state index in [1.165, 1.54) is 57.5 Å². The lowest BCUT2D eigenvalue weighted by Crippen LogP contribution is -2.48. The molecule has 20 heteroatoms. The first-order valence-electron chi connectivity index (χ1n) is 23.6. The van der Waals surface area contributed by atoms with Crippen molar-refractivity contribution in [2.45, 2.75) is 82.9 Å². The molecule has 6 heterocycles. The summed E-state index contributed by atoms with van der Waals surface area (Å²) in [6, 6.07) is 17.1. The smallest absolute Gasteiger partial charge is 0.380 e. The van der Waals surface area contributed by atoms with Crippen LogP contribution in [0.15, 0.2) is 66.0 Å². The van der Waals surface area contributed by atoms with E-state index in [2.05, 4.69) is 0 Å². The van der Waals surface area contributed by atoms with E-state index >= 15 is 26.3 Å². The Balaban J connectivity index is 1.27. The molecule has 0 fully saturated rings. The van der Waals surface area contributed by atoms with Crippen molar-refractivity contribution in [3.8, 4) is 39.0 Å². The zero-order chi connectivity index (χ0) is 52.8. The maximum Gasteiger partial charge on any atom is 0.380 e. The van der Waals surface area contributed by atoms with Crippen molar-refractivity contribution in [1.29, 1.82) is 0 Å². The molecule has 0 aliphatic heterocycles. The normalized spacial score (nSPS) is 15.9. The average molecular weight is 1130 g/mol. The first-order valence-corrected chi connectivity index (χ1v) is 28.6. The second kappa shape index (κ2) is 24.3. The van der Waals surface area contributed by atoms with Crippen LogP contribution in [-0.2, 0) is 54.5 Å². The van der Waals surface area contributed by atoms with E-state index in [1.807, 2.05) is 78.8 Å². The molecule has 0 unspecified atom stereocenters. The number of hydrogen-bond donors (Lipinski definition) is 0. The third kappa shape index (κ3) is 13.0. The van der Waals surface area contributed by atoms with Crippen LogP contribution < -0.4 is 0 Å². The molecule has 8 nitrogen and oxygen atoms in total. The number of methoxy groups -OCH3 is 2. The number of rotatable bonds is 28. The van der Waals surface area contributed by atoms with Crippen molar-refractivity contribution in [2.24, 2.45) is 0 Å². The molecule has 7 rings (SSSR count). The third-order valence-corrected chi connectivity index (χ3v) is 20.0. The first kappa shape index (κ1) is 57.9. The number of thiophene rings is 6. The third-order valence-electron chi connectivity index (χ3n) is 11.9. The molecule has 1 aliphatic carbocycles. The van der Waals surface area contributed by atoms with Crippen molar-refractivity contribution in [2.75, 3.05) is 93.5 Å². The molecule has 0 saturated heterocycles. The molecule has 0 atom stereocenters. The van der Waals surface area contributed by atoms with Gasteiger partial charge in [0.05, 0.1) is 100 Å². The molecule has 0 amide bonds. The first-order chi connectivity index (χ1) is 34.5. The number of halogens is 6. The van der Waals surface area contributed by atoms with Crippen LogP contribution >= 0.6 is 68.0 Å². The minimum absolute atomic E-state index is 0.188. The Morgan fingerprint density at radius 2 is 0.808 bits per heavy atom. The minimum Gasteiger partial charge on any atom is -0.382 e. The van der Waals surface area contributed by atoms with E-state index in [0.29, 0.717) is 95.3 Å². The van der Waals surface area contributed by atoms with Crippen LogP contribution in [0.4, 0.5) is 26.3 Å². The topological polar surface area (TPSA) is 73.8 Å². The summed E-state index contributed by atoms with van der Waals surface area (Å²) in [4.78, 5) is 6.07. The van der Waals surface area contributed by atoms with Crippen LogP contribution in [0.25, 0.3) is 50.2 Å². The van der Waals surface area contributed by atoms with Gasteiger partial charge >= 0.3 is 17.8 Å². The second-order valence-electron chi connectivity index (χ2n) is 19.1. The SMILES string of the molecule is COCCOCCOCCOC(C)(C)c1ccc(-c2cc(C3=C(c4cc(-c5ccc(C(C)(C)OCCOCCOCCOC)s5)sc4-c4ccc(C(C)(C)C)s4)C(F)(F)C(F)(F)C3(F)F)c(-c3cccs3)s2)s1. The number of allylic oxidation sites excluding steroid dienone is 2. The Bertz CT molecular complexity index is 2740. The van der Waals surface area contributed by atoms with Gasteiger partial charge in [-0.05, 0) is 93.1 Å². The molecule has 0 aromatic carbocycles. The van der Waals surface area contributed by atoms with Gasteiger partial charge in [-0.3, -0.25) is 0 Å². The standard InChI is InChI=1S/C53H62F6O8S6/c1-48(2,3)41-15-14-38(71-41)47-34(32-40(73-47)36-13-17-43(70-36)50(6,7)67-29-27-65-25-23-63-21-19-61-9)45-44(51(54,55)53(58,59)52(45,56)57)33-31-39(72-46(33)37-11-10-30-68-37)35-12-16-42(69-35)49(4,5)66-28-26-64-24-22-62-20-18-60-8/h10-17,30-32H,18-29H2,1-9H3. The lowest BCUT2D eigenvalue weighted by molar-refractivity contribution is -0.254. The molecule has 0 radical (unpaired) electrons. The Morgan fingerprint density at radius 1 is 0.425 bits per heavy atom. The van der Waals surface area contributed by atoms with Crippen molar-refractivity contribution >= 4 is 79.2 Å². The highest BCUT2D eigenvalue weighted by Crippen LogP contribution is 2.68. The quantitative estimate of drug-likeness (QED) is 0.0355. The lowest BCUT2D eigenvalue weighted by atomic mass is 9.93. The van der Waals surface area contributed by atoms with Crippen molar-refractivity contribution < 1.29 is 64.2 Å². The Labute approximate surface area is 447 Å².